The van der Waals surface area contributed by atoms with Gasteiger partial charge in [0.25, 0.3) is 5.91 Å². The summed E-state index contributed by atoms with van der Waals surface area (Å²) in [6.07, 6.45) is -0.406. The third-order valence-corrected chi connectivity index (χ3v) is 3.66. The molecule has 2 rings (SSSR count). The first-order valence-corrected chi connectivity index (χ1v) is 7.94. The zero-order valence-electron chi connectivity index (χ0n) is 13.9. The van der Waals surface area contributed by atoms with Crippen LogP contribution in [0.2, 0.25) is 0 Å². The van der Waals surface area contributed by atoms with Crippen LogP contribution in [0.25, 0.3) is 0 Å². The maximum absolute atomic E-state index is 12.5. The standard InChI is InChI=1S/C19H20N2O4/c1-13(14-7-3-2-4-8-14)20-19(25)15-9-5-6-10-16(15)21-17(22)11-12-18(23)24/h2-10,13H,11-12H2,1H3,(H,20,25)(H,21,22)(H,23,24). The van der Waals surface area contributed by atoms with Crippen LogP contribution in [0.15, 0.2) is 54.6 Å². The van der Waals surface area contributed by atoms with Crippen LogP contribution in [-0.4, -0.2) is 22.9 Å². The van der Waals surface area contributed by atoms with Gasteiger partial charge in [0.2, 0.25) is 5.91 Å². The number of carboxylic acid groups (broad SMARTS) is 1. The highest BCUT2D eigenvalue weighted by molar-refractivity contribution is 6.04. The molecule has 2 aromatic rings. The minimum absolute atomic E-state index is 0.147. The summed E-state index contributed by atoms with van der Waals surface area (Å²) in [4.78, 5) is 34.9. The molecule has 0 saturated heterocycles. The first-order chi connectivity index (χ1) is 12.0. The normalized spacial score (nSPS) is 11.4. The Morgan fingerprint density at radius 1 is 0.960 bits per heavy atom. The molecule has 2 amide bonds. The van der Waals surface area contributed by atoms with Gasteiger partial charge in [-0.3, -0.25) is 14.4 Å². The van der Waals surface area contributed by atoms with E-state index in [2.05, 4.69) is 10.6 Å². The number of benzene rings is 2. The summed E-state index contributed by atoms with van der Waals surface area (Å²) in [6, 6.07) is 16.0. The van der Waals surface area contributed by atoms with E-state index in [1.165, 1.54) is 0 Å². The van der Waals surface area contributed by atoms with Gasteiger partial charge in [0.05, 0.1) is 23.7 Å². The lowest BCUT2D eigenvalue weighted by molar-refractivity contribution is -0.138. The predicted octanol–water partition coefficient (Wildman–Crippen LogP) is 2.98. The van der Waals surface area contributed by atoms with Crippen molar-refractivity contribution in [1.82, 2.24) is 5.32 Å². The largest absolute Gasteiger partial charge is 0.481 e. The fourth-order valence-corrected chi connectivity index (χ4v) is 2.32. The number of amides is 2. The number of para-hydroxylation sites is 1. The quantitative estimate of drug-likeness (QED) is 0.722. The summed E-state index contributed by atoms with van der Waals surface area (Å²) in [5.41, 5.74) is 1.66. The highest BCUT2D eigenvalue weighted by Crippen LogP contribution is 2.18. The van der Waals surface area contributed by atoms with Crippen LogP contribution in [0, 0.1) is 0 Å². The molecule has 0 heterocycles. The second-order valence-electron chi connectivity index (χ2n) is 5.59. The maximum Gasteiger partial charge on any atom is 0.303 e. The number of carboxylic acids is 1. The van der Waals surface area contributed by atoms with Crippen LogP contribution >= 0.6 is 0 Å². The van der Waals surface area contributed by atoms with Gasteiger partial charge in [-0.2, -0.15) is 0 Å². The number of anilines is 1. The number of carbonyl (C=O) groups excluding carboxylic acids is 2. The van der Waals surface area contributed by atoms with Gasteiger partial charge in [-0.1, -0.05) is 42.5 Å². The van der Waals surface area contributed by atoms with Crippen molar-refractivity contribution in [3.8, 4) is 0 Å². The van der Waals surface area contributed by atoms with Crippen LogP contribution in [0.5, 0.6) is 0 Å². The Morgan fingerprint density at radius 3 is 2.28 bits per heavy atom. The molecular weight excluding hydrogens is 320 g/mol. The molecule has 1 atom stereocenters. The molecule has 0 aromatic heterocycles. The average Bonchev–Trinajstić information content (AvgIpc) is 2.61. The second kappa shape index (κ2) is 8.63. The number of rotatable bonds is 7. The molecule has 0 bridgehead atoms. The van der Waals surface area contributed by atoms with Crippen molar-refractivity contribution >= 4 is 23.5 Å². The van der Waals surface area contributed by atoms with E-state index >= 15 is 0 Å². The molecule has 0 aliphatic heterocycles. The Labute approximate surface area is 145 Å². The summed E-state index contributed by atoms with van der Waals surface area (Å²) < 4.78 is 0. The van der Waals surface area contributed by atoms with E-state index in [0.29, 0.717) is 11.3 Å². The number of hydrogen-bond donors (Lipinski definition) is 3. The summed E-state index contributed by atoms with van der Waals surface area (Å²) in [5, 5.41) is 14.1. The molecular formula is C19H20N2O4. The van der Waals surface area contributed by atoms with Crippen molar-refractivity contribution in [2.24, 2.45) is 0 Å². The molecule has 2 aromatic carbocycles. The zero-order valence-corrected chi connectivity index (χ0v) is 13.9. The minimum atomic E-state index is -1.04. The van der Waals surface area contributed by atoms with E-state index in [9.17, 15) is 14.4 Å². The van der Waals surface area contributed by atoms with Crippen LogP contribution in [0.1, 0.15) is 41.7 Å². The lowest BCUT2D eigenvalue weighted by atomic mass is 10.1. The van der Waals surface area contributed by atoms with Crippen molar-refractivity contribution < 1.29 is 19.5 Å². The number of carbonyl (C=O) groups is 3. The van der Waals surface area contributed by atoms with E-state index in [1.54, 1.807) is 24.3 Å². The third-order valence-electron chi connectivity index (χ3n) is 3.66. The Kier molecular flexibility index (Phi) is 6.28. The van der Waals surface area contributed by atoms with Gasteiger partial charge < -0.3 is 15.7 Å². The molecule has 3 N–H and O–H groups in total. The van der Waals surface area contributed by atoms with E-state index in [0.717, 1.165) is 5.56 Å². The van der Waals surface area contributed by atoms with Gasteiger partial charge in [-0.15, -0.1) is 0 Å². The topological polar surface area (TPSA) is 95.5 Å². The van der Waals surface area contributed by atoms with Gasteiger partial charge in [-0.25, -0.2) is 0 Å². The lowest BCUT2D eigenvalue weighted by Gasteiger charge is -2.16. The van der Waals surface area contributed by atoms with Crippen LogP contribution in [-0.2, 0) is 9.59 Å². The molecule has 0 fully saturated rings. The first kappa shape index (κ1) is 18.2. The first-order valence-electron chi connectivity index (χ1n) is 7.94. The Hall–Kier alpha value is -3.15. The van der Waals surface area contributed by atoms with Crippen LogP contribution in [0.4, 0.5) is 5.69 Å². The molecule has 6 nitrogen and oxygen atoms in total. The summed E-state index contributed by atoms with van der Waals surface area (Å²) in [5.74, 6) is -1.80. The van der Waals surface area contributed by atoms with Gasteiger partial charge in [-0.05, 0) is 24.6 Å². The SMILES string of the molecule is CC(NC(=O)c1ccccc1NC(=O)CCC(=O)O)c1ccccc1. The molecule has 1 unspecified atom stereocenters. The molecule has 0 aliphatic carbocycles. The van der Waals surface area contributed by atoms with E-state index in [4.69, 9.17) is 5.11 Å². The molecule has 130 valence electrons. The smallest absolute Gasteiger partial charge is 0.303 e. The van der Waals surface area contributed by atoms with Crippen molar-refractivity contribution in [3.63, 3.8) is 0 Å². The van der Waals surface area contributed by atoms with E-state index in [-0.39, 0.29) is 24.8 Å². The van der Waals surface area contributed by atoms with Gasteiger partial charge in [0.1, 0.15) is 0 Å². The fraction of sp³-hybridized carbons (Fsp3) is 0.211. The molecule has 0 aliphatic rings. The summed E-state index contributed by atoms with van der Waals surface area (Å²) in [7, 11) is 0. The molecule has 0 saturated carbocycles. The van der Waals surface area contributed by atoms with E-state index < -0.39 is 11.9 Å². The predicted molar refractivity (Wildman–Crippen MR) is 94.3 cm³/mol. The Morgan fingerprint density at radius 2 is 1.60 bits per heavy atom. The summed E-state index contributed by atoms with van der Waals surface area (Å²) >= 11 is 0. The minimum Gasteiger partial charge on any atom is -0.481 e. The Bertz CT molecular complexity index is 759. The van der Waals surface area contributed by atoms with Crippen LogP contribution < -0.4 is 10.6 Å². The monoisotopic (exact) mass is 340 g/mol. The van der Waals surface area contributed by atoms with Gasteiger partial charge >= 0.3 is 5.97 Å². The highest BCUT2D eigenvalue weighted by Gasteiger charge is 2.16. The van der Waals surface area contributed by atoms with Crippen LogP contribution in [0.3, 0.4) is 0 Å². The van der Waals surface area contributed by atoms with E-state index in [1.807, 2.05) is 37.3 Å². The number of nitrogens with one attached hydrogen (secondary N) is 2. The van der Waals surface area contributed by atoms with Crippen molar-refractivity contribution in [2.75, 3.05) is 5.32 Å². The summed E-state index contributed by atoms with van der Waals surface area (Å²) in [6.45, 7) is 1.88. The van der Waals surface area contributed by atoms with Crippen molar-refractivity contribution in [1.29, 1.82) is 0 Å². The third kappa shape index (κ3) is 5.46. The zero-order chi connectivity index (χ0) is 18.2. The molecule has 6 heteroatoms. The highest BCUT2D eigenvalue weighted by atomic mass is 16.4. The maximum atomic E-state index is 12.5. The number of aliphatic carboxylic acids is 1. The molecule has 0 spiro atoms. The second-order valence-corrected chi connectivity index (χ2v) is 5.59. The van der Waals surface area contributed by atoms with Gasteiger partial charge in [0, 0.05) is 6.42 Å². The van der Waals surface area contributed by atoms with Gasteiger partial charge in [0.15, 0.2) is 0 Å². The average molecular weight is 340 g/mol. The lowest BCUT2D eigenvalue weighted by Crippen LogP contribution is -2.28. The van der Waals surface area contributed by atoms with Crippen molar-refractivity contribution in [2.45, 2.75) is 25.8 Å². The molecule has 25 heavy (non-hydrogen) atoms. The fourth-order valence-electron chi connectivity index (χ4n) is 2.32. The van der Waals surface area contributed by atoms with Crippen molar-refractivity contribution in [3.05, 3.63) is 65.7 Å². The molecule has 0 radical (unpaired) electrons. The number of hydrogen-bond acceptors (Lipinski definition) is 3. The Balaban J connectivity index is 2.07.